The SMILES string of the molecule is N/C(=N\C(=O)OCc1ccccc1)c1ccc(OCCCC2CCN(CCCO)CC2)cc1. The summed E-state index contributed by atoms with van der Waals surface area (Å²) < 4.78 is 11.0. The summed E-state index contributed by atoms with van der Waals surface area (Å²) in [5, 5.41) is 8.95. The molecule has 0 radical (unpaired) electrons. The van der Waals surface area contributed by atoms with Gasteiger partial charge in [-0.05, 0) is 80.9 Å². The normalized spacial score (nSPS) is 15.4. The lowest BCUT2D eigenvalue weighted by molar-refractivity contribution is 0.151. The van der Waals surface area contributed by atoms with E-state index in [0.29, 0.717) is 12.2 Å². The summed E-state index contributed by atoms with van der Waals surface area (Å²) in [5.41, 5.74) is 7.49. The van der Waals surface area contributed by atoms with Gasteiger partial charge in [0, 0.05) is 18.7 Å². The van der Waals surface area contributed by atoms with Crippen molar-refractivity contribution in [3.8, 4) is 5.75 Å². The minimum atomic E-state index is -0.712. The average molecular weight is 454 g/mol. The standard InChI is InChI=1S/C26H35N3O4/c27-25(28-26(31)33-20-22-6-2-1-3-7-22)23-9-11-24(12-10-23)32-19-4-8-21-13-16-29(17-14-21)15-5-18-30/h1-3,6-7,9-12,21,30H,4-5,8,13-20H2,(H2,27,28,31). The summed E-state index contributed by atoms with van der Waals surface area (Å²) in [4.78, 5) is 18.2. The third-order valence-electron chi connectivity index (χ3n) is 5.93. The Kier molecular flexibility index (Phi) is 10.2. The maximum absolute atomic E-state index is 11.9. The maximum Gasteiger partial charge on any atom is 0.435 e. The molecule has 0 aromatic heterocycles. The zero-order chi connectivity index (χ0) is 23.3. The van der Waals surface area contributed by atoms with Gasteiger partial charge in [0.15, 0.2) is 0 Å². The molecule has 1 fully saturated rings. The van der Waals surface area contributed by atoms with Gasteiger partial charge < -0.3 is 25.2 Å². The molecule has 178 valence electrons. The van der Waals surface area contributed by atoms with Gasteiger partial charge in [-0.15, -0.1) is 0 Å². The van der Waals surface area contributed by atoms with E-state index >= 15 is 0 Å². The zero-order valence-electron chi connectivity index (χ0n) is 19.2. The number of amidine groups is 1. The number of carbonyl (C=O) groups is 1. The number of likely N-dealkylation sites (tertiary alicyclic amines) is 1. The monoisotopic (exact) mass is 453 g/mol. The Morgan fingerprint density at radius 2 is 1.79 bits per heavy atom. The molecule has 0 spiro atoms. The van der Waals surface area contributed by atoms with Gasteiger partial charge in [0.25, 0.3) is 0 Å². The number of nitrogens with two attached hydrogens (primary N) is 1. The Bertz CT molecular complexity index is 863. The van der Waals surface area contributed by atoms with E-state index in [1.165, 1.54) is 19.3 Å². The number of aliphatic imine (C=N–C) groups is 1. The van der Waals surface area contributed by atoms with Crippen molar-refractivity contribution in [2.45, 2.75) is 38.7 Å². The van der Waals surface area contributed by atoms with Crippen LogP contribution in [0.15, 0.2) is 59.6 Å². The van der Waals surface area contributed by atoms with Crippen LogP contribution in [-0.2, 0) is 11.3 Å². The predicted molar refractivity (Wildman–Crippen MR) is 129 cm³/mol. The number of benzene rings is 2. The van der Waals surface area contributed by atoms with Crippen LogP contribution in [-0.4, -0.2) is 54.8 Å². The van der Waals surface area contributed by atoms with Crippen LogP contribution < -0.4 is 10.5 Å². The Labute approximate surface area is 196 Å². The van der Waals surface area contributed by atoms with Crippen molar-refractivity contribution in [1.82, 2.24) is 4.90 Å². The molecule has 0 unspecified atom stereocenters. The highest BCUT2D eigenvalue weighted by Gasteiger charge is 2.18. The van der Waals surface area contributed by atoms with E-state index in [2.05, 4.69) is 9.89 Å². The summed E-state index contributed by atoms with van der Waals surface area (Å²) in [6.07, 6.45) is 4.82. The molecule has 0 aliphatic carbocycles. The van der Waals surface area contributed by atoms with Crippen LogP contribution in [0, 0.1) is 5.92 Å². The van der Waals surface area contributed by atoms with Gasteiger partial charge >= 0.3 is 6.09 Å². The van der Waals surface area contributed by atoms with Gasteiger partial charge in [0.1, 0.15) is 18.2 Å². The summed E-state index contributed by atoms with van der Waals surface area (Å²) >= 11 is 0. The van der Waals surface area contributed by atoms with E-state index in [0.717, 1.165) is 49.7 Å². The van der Waals surface area contributed by atoms with Gasteiger partial charge in [-0.3, -0.25) is 0 Å². The second-order valence-corrected chi connectivity index (χ2v) is 8.41. The lowest BCUT2D eigenvalue weighted by atomic mass is 9.92. The lowest BCUT2D eigenvalue weighted by Gasteiger charge is -2.31. The molecule has 1 aliphatic rings. The van der Waals surface area contributed by atoms with E-state index in [-0.39, 0.29) is 19.0 Å². The molecule has 1 heterocycles. The van der Waals surface area contributed by atoms with Gasteiger partial charge in [-0.2, -0.15) is 4.99 Å². The molecular formula is C26H35N3O4. The van der Waals surface area contributed by atoms with E-state index in [9.17, 15) is 4.79 Å². The van der Waals surface area contributed by atoms with E-state index in [1.54, 1.807) is 12.1 Å². The number of amides is 1. The second kappa shape index (κ2) is 13.6. The number of rotatable bonds is 11. The summed E-state index contributed by atoms with van der Waals surface area (Å²) in [5.74, 6) is 1.65. The molecule has 0 saturated carbocycles. The van der Waals surface area contributed by atoms with E-state index in [4.69, 9.17) is 20.3 Å². The fourth-order valence-electron chi connectivity index (χ4n) is 3.99. The van der Waals surface area contributed by atoms with Crippen molar-refractivity contribution in [1.29, 1.82) is 0 Å². The molecule has 0 atom stereocenters. The molecule has 1 aliphatic heterocycles. The van der Waals surface area contributed by atoms with E-state index in [1.807, 2.05) is 42.5 Å². The largest absolute Gasteiger partial charge is 0.494 e. The fraction of sp³-hybridized carbons (Fsp3) is 0.462. The van der Waals surface area contributed by atoms with Gasteiger partial charge in [-0.1, -0.05) is 30.3 Å². The summed E-state index contributed by atoms with van der Waals surface area (Å²) in [7, 11) is 0. The first kappa shape index (κ1) is 24.7. The second-order valence-electron chi connectivity index (χ2n) is 8.41. The van der Waals surface area contributed by atoms with Crippen molar-refractivity contribution in [2.24, 2.45) is 16.6 Å². The molecule has 1 amide bonds. The van der Waals surface area contributed by atoms with Crippen LogP contribution in [0.25, 0.3) is 0 Å². The number of hydrogen-bond acceptors (Lipinski definition) is 5. The smallest absolute Gasteiger partial charge is 0.435 e. The average Bonchev–Trinajstić information content (AvgIpc) is 2.86. The molecular weight excluding hydrogens is 418 g/mol. The minimum Gasteiger partial charge on any atom is -0.494 e. The van der Waals surface area contributed by atoms with Crippen molar-refractivity contribution >= 4 is 11.9 Å². The Balaban J connectivity index is 1.34. The molecule has 7 heteroatoms. The number of carbonyl (C=O) groups excluding carboxylic acids is 1. The van der Waals surface area contributed by atoms with Crippen LogP contribution in [0.5, 0.6) is 5.75 Å². The van der Waals surface area contributed by atoms with Crippen LogP contribution in [0.1, 0.15) is 43.2 Å². The van der Waals surface area contributed by atoms with Crippen molar-refractivity contribution in [2.75, 3.05) is 32.8 Å². The number of aliphatic hydroxyl groups is 1. The fourth-order valence-corrected chi connectivity index (χ4v) is 3.99. The molecule has 33 heavy (non-hydrogen) atoms. The lowest BCUT2D eigenvalue weighted by Crippen LogP contribution is -2.34. The molecule has 0 bridgehead atoms. The van der Waals surface area contributed by atoms with Crippen LogP contribution >= 0.6 is 0 Å². The van der Waals surface area contributed by atoms with Gasteiger partial charge in [0.05, 0.1) is 6.61 Å². The first-order valence-corrected chi connectivity index (χ1v) is 11.8. The van der Waals surface area contributed by atoms with Crippen molar-refractivity contribution in [3.63, 3.8) is 0 Å². The van der Waals surface area contributed by atoms with Crippen molar-refractivity contribution in [3.05, 3.63) is 65.7 Å². The summed E-state index contributed by atoms with van der Waals surface area (Å²) in [6, 6.07) is 16.7. The molecule has 1 saturated heterocycles. The molecule has 2 aromatic rings. The van der Waals surface area contributed by atoms with E-state index < -0.39 is 6.09 Å². The quantitative estimate of drug-likeness (QED) is 0.303. The third-order valence-corrected chi connectivity index (χ3v) is 5.93. The first-order chi connectivity index (χ1) is 16.1. The van der Waals surface area contributed by atoms with Crippen molar-refractivity contribution < 1.29 is 19.4 Å². The first-order valence-electron chi connectivity index (χ1n) is 11.8. The highest BCUT2D eigenvalue weighted by molar-refractivity contribution is 6.02. The third kappa shape index (κ3) is 8.86. The minimum absolute atomic E-state index is 0.116. The Hall–Kier alpha value is -2.90. The van der Waals surface area contributed by atoms with Gasteiger partial charge in [0.2, 0.25) is 0 Å². The number of ether oxygens (including phenoxy) is 2. The maximum atomic E-state index is 11.9. The zero-order valence-corrected chi connectivity index (χ0v) is 19.2. The van der Waals surface area contributed by atoms with Gasteiger partial charge in [-0.25, -0.2) is 4.79 Å². The number of piperidine rings is 1. The number of hydrogen-bond donors (Lipinski definition) is 2. The number of aliphatic hydroxyl groups excluding tert-OH is 1. The Morgan fingerprint density at radius 3 is 2.48 bits per heavy atom. The predicted octanol–water partition coefficient (Wildman–Crippen LogP) is 3.98. The van der Waals surface area contributed by atoms with Crippen LogP contribution in [0.4, 0.5) is 4.79 Å². The molecule has 7 nitrogen and oxygen atoms in total. The molecule has 2 aromatic carbocycles. The molecule has 3 rings (SSSR count). The topological polar surface area (TPSA) is 97.4 Å². The highest BCUT2D eigenvalue weighted by atomic mass is 16.5. The number of nitrogens with zero attached hydrogens (tertiary/aromatic N) is 2. The highest BCUT2D eigenvalue weighted by Crippen LogP contribution is 2.22. The van der Waals surface area contributed by atoms with Crippen LogP contribution in [0.2, 0.25) is 0 Å². The summed E-state index contributed by atoms with van der Waals surface area (Å²) in [6.45, 7) is 4.39. The molecule has 3 N–H and O–H groups in total. The Morgan fingerprint density at radius 1 is 1.06 bits per heavy atom. The van der Waals surface area contributed by atoms with Crippen LogP contribution in [0.3, 0.4) is 0 Å².